The van der Waals surface area contributed by atoms with Gasteiger partial charge in [-0.3, -0.25) is 9.69 Å². The molecule has 6 heteroatoms. The van der Waals surface area contributed by atoms with Crippen molar-refractivity contribution < 1.29 is 4.79 Å². The lowest BCUT2D eigenvalue weighted by atomic mass is 10.2. The Kier molecular flexibility index (Phi) is 4.89. The number of amides is 1. The summed E-state index contributed by atoms with van der Waals surface area (Å²) in [7, 11) is 0. The van der Waals surface area contributed by atoms with Gasteiger partial charge in [-0.05, 0) is 32.7 Å². The second-order valence-corrected chi connectivity index (χ2v) is 5.27. The van der Waals surface area contributed by atoms with E-state index in [0.29, 0.717) is 6.54 Å². The van der Waals surface area contributed by atoms with E-state index in [1.54, 1.807) is 0 Å². The Hall–Kier alpha value is -1.69. The smallest absolute Gasteiger partial charge is 0.234 e. The zero-order chi connectivity index (χ0) is 14.5. The Labute approximate surface area is 119 Å². The molecule has 1 amide bonds. The molecule has 0 saturated carbocycles. The number of hydrogen-bond donors (Lipinski definition) is 2. The van der Waals surface area contributed by atoms with E-state index in [2.05, 4.69) is 27.1 Å². The third-order valence-corrected chi connectivity index (χ3v) is 3.49. The van der Waals surface area contributed by atoms with Gasteiger partial charge in [-0.25, -0.2) is 9.97 Å². The molecule has 2 rings (SSSR count). The van der Waals surface area contributed by atoms with Crippen LogP contribution in [-0.2, 0) is 11.3 Å². The molecular weight excluding hydrogens is 254 g/mol. The zero-order valence-electron chi connectivity index (χ0n) is 12.2. The quantitative estimate of drug-likeness (QED) is 0.812. The van der Waals surface area contributed by atoms with E-state index in [1.807, 2.05) is 13.0 Å². The van der Waals surface area contributed by atoms with Gasteiger partial charge in [0.15, 0.2) is 0 Å². The predicted molar refractivity (Wildman–Crippen MR) is 78.2 cm³/mol. The first-order chi connectivity index (χ1) is 9.60. The van der Waals surface area contributed by atoms with E-state index in [-0.39, 0.29) is 11.9 Å². The number of carbonyl (C=O) groups is 1. The van der Waals surface area contributed by atoms with Crippen LogP contribution in [0.3, 0.4) is 0 Å². The highest BCUT2D eigenvalue weighted by atomic mass is 16.1. The lowest BCUT2D eigenvalue weighted by Gasteiger charge is -2.21. The summed E-state index contributed by atoms with van der Waals surface area (Å²) in [5.41, 5.74) is 6.37. The summed E-state index contributed by atoms with van der Waals surface area (Å²) < 4.78 is 0. The largest absolute Gasteiger partial charge is 0.370 e. The van der Waals surface area contributed by atoms with Crippen molar-refractivity contribution in [2.24, 2.45) is 5.73 Å². The molecule has 0 spiro atoms. The Balaban J connectivity index is 2.08. The van der Waals surface area contributed by atoms with E-state index in [0.717, 1.165) is 49.7 Å². The van der Waals surface area contributed by atoms with Gasteiger partial charge in [-0.15, -0.1) is 0 Å². The van der Waals surface area contributed by atoms with Crippen molar-refractivity contribution in [2.75, 3.05) is 18.4 Å². The fourth-order valence-electron chi connectivity index (χ4n) is 2.56. The Bertz CT molecular complexity index is 477. The number of anilines is 1. The van der Waals surface area contributed by atoms with Crippen LogP contribution in [-0.4, -0.2) is 39.9 Å². The van der Waals surface area contributed by atoms with E-state index in [4.69, 9.17) is 5.73 Å². The van der Waals surface area contributed by atoms with Crippen LogP contribution in [0, 0.1) is 6.92 Å². The van der Waals surface area contributed by atoms with Crippen molar-refractivity contribution in [2.45, 2.75) is 45.7 Å². The molecule has 1 aromatic rings. The summed E-state index contributed by atoms with van der Waals surface area (Å²) >= 11 is 0. The van der Waals surface area contributed by atoms with Gasteiger partial charge in [0.1, 0.15) is 11.6 Å². The first-order valence-electron chi connectivity index (χ1n) is 7.22. The molecule has 20 heavy (non-hydrogen) atoms. The molecule has 1 atom stereocenters. The fourth-order valence-corrected chi connectivity index (χ4v) is 2.56. The summed E-state index contributed by atoms with van der Waals surface area (Å²) in [6.45, 7) is 6.42. The summed E-state index contributed by atoms with van der Waals surface area (Å²) in [4.78, 5) is 22.4. The zero-order valence-corrected chi connectivity index (χ0v) is 12.2. The van der Waals surface area contributed by atoms with Gasteiger partial charge in [0, 0.05) is 18.3 Å². The highest BCUT2D eigenvalue weighted by Gasteiger charge is 2.29. The van der Waals surface area contributed by atoms with Crippen LogP contribution in [0.2, 0.25) is 0 Å². The molecule has 6 nitrogen and oxygen atoms in total. The minimum Gasteiger partial charge on any atom is -0.370 e. The first-order valence-corrected chi connectivity index (χ1v) is 7.22. The second kappa shape index (κ2) is 6.65. The van der Waals surface area contributed by atoms with Gasteiger partial charge >= 0.3 is 0 Å². The Morgan fingerprint density at radius 1 is 1.55 bits per heavy atom. The molecule has 110 valence electrons. The topological polar surface area (TPSA) is 84.1 Å². The minimum atomic E-state index is -0.250. The van der Waals surface area contributed by atoms with E-state index < -0.39 is 0 Å². The minimum absolute atomic E-state index is 0.175. The standard InChI is InChI=1S/C14H23N5O/c1-3-6-16-12-8-10(2)17-13(18-12)9-19-7-4-5-11(19)14(15)20/h8,11H,3-7,9H2,1-2H3,(H2,15,20)(H,16,17,18). The van der Waals surface area contributed by atoms with Crippen molar-refractivity contribution in [3.8, 4) is 0 Å². The van der Waals surface area contributed by atoms with Gasteiger partial charge in [0.2, 0.25) is 5.91 Å². The van der Waals surface area contributed by atoms with Crippen molar-refractivity contribution in [1.82, 2.24) is 14.9 Å². The van der Waals surface area contributed by atoms with Crippen LogP contribution in [0.5, 0.6) is 0 Å². The number of nitrogens with zero attached hydrogens (tertiary/aromatic N) is 3. The maximum Gasteiger partial charge on any atom is 0.234 e. The Morgan fingerprint density at radius 3 is 3.05 bits per heavy atom. The van der Waals surface area contributed by atoms with Crippen LogP contribution < -0.4 is 11.1 Å². The molecule has 1 fully saturated rings. The second-order valence-electron chi connectivity index (χ2n) is 5.27. The Morgan fingerprint density at radius 2 is 2.35 bits per heavy atom. The van der Waals surface area contributed by atoms with Crippen LogP contribution in [0.25, 0.3) is 0 Å². The summed E-state index contributed by atoms with van der Waals surface area (Å²) in [5.74, 6) is 1.35. The summed E-state index contributed by atoms with van der Waals surface area (Å²) in [6, 6.07) is 1.76. The third-order valence-electron chi connectivity index (χ3n) is 3.49. The first kappa shape index (κ1) is 14.7. The number of nitrogens with one attached hydrogen (secondary N) is 1. The third kappa shape index (κ3) is 3.66. The number of likely N-dealkylation sites (tertiary alicyclic amines) is 1. The van der Waals surface area contributed by atoms with Gasteiger partial charge < -0.3 is 11.1 Å². The molecule has 3 N–H and O–H groups in total. The lowest BCUT2D eigenvalue weighted by molar-refractivity contribution is -0.122. The number of carbonyl (C=O) groups excluding carboxylic acids is 1. The molecular formula is C14H23N5O. The van der Waals surface area contributed by atoms with Crippen LogP contribution in [0.4, 0.5) is 5.82 Å². The molecule has 0 radical (unpaired) electrons. The molecule has 0 aliphatic carbocycles. The average Bonchev–Trinajstić information content (AvgIpc) is 2.84. The number of aryl methyl sites for hydroxylation is 1. The number of primary amides is 1. The van der Waals surface area contributed by atoms with E-state index in [1.165, 1.54) is 0 Å². The maximum atomic E-state index is 11.4. The molecule has 1 aliphatic heterocycles. The van der Waals surface area contributed by atoms with Crippen LogP contribution in [0.1, 0.15) is 37.7 Å². The van der Waals surface area contributed by atoms with Gasteiger partial charge in [0.05, 0.1) is 12.6 Å². The van der Waals surface area contributed by atoms with Crippen molar-refractivity contribution in [3.05, 3.63) is 17.6 Å². The van der Waals surface area contributed by atoms with Crippen LogP contribution >= 0.6 is 0 Å². The fraction of sp³-hybridized carbons (Fsp3) is 0.643. The van der Waals surface area contributed by atoms with Gasteiger partial charge in [-0.1, -0.05) is 6.92 Å². The van der Waals surface area contributed by atoms with E-state index >= 15 is 0 Å². The molecule has 0 aromatic carbocycles. The van der Waals surface area contributed by atoms with E-state index in [9.17, 15) is 4.79 Å². The SMILES string of the molecule is CCCNc1cc(C)nc(CN2CCCC2C(N)=O)n1. The summed E-state index contributed by atoms with van der Waals surface area (Å²) in [6.07, 6.45) is 2.89. The normalized spacial score (nSPS) is 19.2. The maximum absolute atomic E-state index is 11.4. The van der Waals surface area contributed by atoms with Crippen molar-refractivity contribution in [1.29, 1.82) is 0 Å². The van der Waals surface area contributed by atoms with Gasteiger partial charge in [-0.2, -0.15) is 0 Å². The molecule has 2 heterocycles. The summed E-state index contributed by atoms with van der Waals surface area (Å²) in [5, 5.41) is 3.27. The van der Waals surface area contributed by atoms with Crippen LogP contribution in [0.15, 0.2) is 6.07 Å². The number of nitrogens with two attached hydrogens (primary N) is 1. The monoisotopic (exact) mass is 277 g/mol. The molecule has 1 aromatic heterocycles. The molecule has 0 bridgehead atoms. The number of rotatable bonds is 6. The number of aromatic nitrogens is 2. The van der Waals surface area contributed by atoms with Crippen molar-refractivity contribution >= 4 is 11.7 Å². The lowest BCUT2D eigenvalue weighted by Crippen LogP contribution is -2.40. The molecule has 1 unspecified atom stereocenters. The number of hydrogen-bond acceptors (Lipinski definition) is 5. The average molecular weight is 277 g/mol. The van der Waals surface area contributed by atoms with Crippen molar-refractivity contribution in [3.63, 3.8) is 0 Å². The molecule has 1 saturated heterocycles. The molecule has 1 aliphatic rings. The van der Waals surface area contributed by atoms with Gasteiger partial charge in [0.25, 0.3) is 0 Å². The highest BCUT2D eigenvalue weighted by Crippen LogP contribution is 2.19. The predicted octanol–water partition coefficient (Wildman–Crippen LogP) is 1.06. The highest BCUT2D eigenvalue weighted by molar-refractivity contribution is 5.80.